The topological polar surface area (TPSA) is 37.3 Å². The molecule has 0 amide bonds. The molecule has 92 valence electrons. The summed E-state index contributed by atoms with van der Waals surface area (Å²) in [7, 11) is 0. The summed E-state index contributed by atoms with van der Waals surface area (Å²) in [4.78, 5) is 11.2. The molecule has 0 spiro atoms. The Morgan fingerprint density at radius 2 is 1.88 bits per heavy atom. The van der Waals surface area contributed by atoms with Gasteiger partial charge in [-0.15, -0.1) is 0 Å². The molecule has 0 bridgehead atoms. The minimum Gasteiger partial charge on any atom is -0.481 e. The molecule has 17 heavy (non-hydrogen) atoms. The van der Waals surface area contributed by atoms with Crippen molar-refractivity contribution in [3.05, 3.63) is 33.6 Å². The van der Waals surface area contributed by atoms with E-state index in [1.165, 1.54) is 0 Å². The molecule has 0 aromatic heterocycles. The quantitative estimate of drug-likeness (QED) is 0.672. The van der Waals surface area contributed by atoms with E-state index in [1.54, 1.807) is 0 Å². The Bertz CT molecular complexity index is 498. The molecule has 6 heteroatoms. The molecular weight excluding hydrogens is 301 g/mol. The number of aliphatic carboxylic acids is 1. The van der Waals surface area contributed by atoms with Crippen molar-refractivity contribution in [3.63, 3.8) is 0 Å². The smallest absolute Gasteiger partial charge is 0.314 e. The van der Waals surface area contributed by atoms with Crippen molar-refractivity contribution in [2.24, 2.45) is 0 Å². The molecule has 1 aliphatic rings. The van der Waals surface area contributed by atoms with E-state index in [-0.39, 0.29) is 12.8 Å². The highest BCUT2D eigenvalue weighted by Crippen LogP contribution is 2.47. The van der Waals surface area contributed by atoms with Gasteiger partial charge in [0.15, 0.2) is 0 Å². The van der Waals surface area contributed by atoms with Crippen LogP contribution in [0.2, 0.25) is 0 Å². The van der Waals surface area contributed by atoms with Crippen molar-refractivity contribution < 1.29 is 23.1 Å². The second-order valence-electron chi connectivity index (χ2n) is 4.08. The van der Waals surface area contributed by atoms with Crippen LogP contribution in [0.1, 0.15) is 24.8 Å². The van der Waals surface area contributed by atoms with Crippen LogP contribution in [0.15, 0.2) is 10.5 Å². The second-order valence-corrected chi connectivity index (χ2v) is 4.88. The Kier molecular flexibility index (Phi) is 2.93. The number of hydrogen-bond donors (Lipinski definition) is 1. The highest BCUT2D eigenvalue weighted by atomic mass is 79.9. The maximum Gasteiger partial charge on any atom is 0.314 e. The normalized spacial score (nSPS) is 17.6. The molecule has 0 saturated heterocycles. The standard InChI is InChI=1S/C11H8BrF3O2/c12-8-6(14)4-5(13)7(9(8)15)11(10(16)17)2-1-3-11/h4H,1-3H2,(H,16,17). The number of carboxylic acids is 1. The van der Waals surface area contributed by atoms with Crippen molar-refractivity contribution in [1.82, 2.24) is 0 Å². The lowest BCUT2D eigenvalue weighted by Gasteiger charge is -2.38. The van der Waals surface area contributed by atoms with Gasteiger partial charge in [-0.05, 0) is 28.8 Å². The molecule has 0 radical (unpaired) electrons. The van der Waals surface area contributed by atoms with Crippen LogP contribution in [0, 0.1) is 17.5 Å². The largest absolute Gasteiger partial charge is 0.481 e. The summed E-state index contributed by atoms with van der Waals surface area (Å²) in [6.07, 6.45) is 0.905. The Balaban J connectivity index is 2.67. The molecule has 2 nitrogen and oxygen atoms in total. The lowest BCUT2D eigenvalue weighted by atomic mass is 9.64. The number of carboxylic acid groups (broad SMARTS) is 1. The van der Waals surface area contributed by atoms with Gasteiger partial charge in [0.25, 0.3) is 0 Å². The fraction of sp³-hybridized carbons (Fsp3) is 0.364. The van der Waals surface area contributed by atoms with Gasteiger partial charge in [-0.25, -0.2) is 13.2 Å². The van der Waals surface area contributed by atoms with Crippen molar-refractivity contribution in [1.29, 1.82) is 0 Å². The van der Waals surface area contributed by atoms with Gasteiger partial charge < -0.3 is 5.11 Å². The third-order valence-corrected chi connectivity index (χ3v) is 3.94. The second kappa shape index (κ2) is 4.01. The van der Waals surface area contributed by atoms with Gasteiger partial charge >= 0.3 is 5.97 Å². The van der Waals surface area contributed by atoms with E-state index in [0.717, 1.165) is 0 Å². The zero-order valence-electron chi connectivity index (χ0n) is 8.57. The zero-order valence-corrected chi connectivity index (χ0v) is 10.2. The molecule has 1 fully saturated rings. The minimum atomic E-state index is -1.55. The summed E-state index contributed by atoms with van der Waals surface area (Å²) < 4.78 is 39.9. The third-order valence-electron chi connectivity index (χ3n) is 3.21. The van der Waals surface area contributed by atoms with Crippen molar-refractivity contribution >= 4 is 21.9 Å². The van der Waals surface area contributed by atoms with E-state index < -0.39 is 38.9 Å². The van der Waals surface area contributed by atoms with Gasteiger partial charge in [-0.2, -0.15) is 0 Å². The Labute approximate surface area is 104 Å². The first-order valence-electron chi connectivity index (χ1n) is 4.97. The van der Waals surface area contributed by atoms with Gasteiger partial charge in [0.05, 0.1) is 9.89 Å². The Hall–Kier alpha value is -1.04. The number of halogens is 4. The molecule has 1 aromatic carbocycles. The van der Waals surface area contributed by atoms with Crippen LogP contribution in [-0.4, -0.2) is 11.1 Å². The number of rotatable bonds is 2. The molecule has 1 aliphatic carbocycles. The summed E-state index contributed by atoms with van der Waals surface area (Å²) in [5.74, 6) is -4.67. The first kappa shape index (κ1) is 12.4. The first-order chi connectivity index (χ1) is 7.90. The highest BCUT2D eigenvalue weighted by molar-refractivity contribution is 9.10. The van der Waals surface area contributed by atoms with Gasteiger partial charge in [0.2, 0.25) is 0 Å². The monoisotopic (exact) mass is 308 g/mol. The zero-order chi connectivity index (χ0) is 12.8. The third kappa shape index (κ3) is 1.66. The van der Waals surface area contributed by atoms with Crippen molar-refractivity contribution in [2.45, 2.75) is 24.7 Å². The van der Waals surface area contributed by atoms with Crippen LogP contribution < -0.4 is 0 Å². The number of carbonyl (C=O) groups is 1. The van der Waals surface area contributed by atoms with Crippen LogP contribution in [0.25, 0.3) is 0 Å². The molecule has 0 atom stereocenters. The number of benzene rings is 1. The first-order valence-corrected chi connectivity index (χ1v) is 5.76. The molecule has 1 aromatic rings. The summed E-state index contributed by atoms with van der Waals surface area (Å²) in [5, 5.41) is 9.10. The SMILES string of the molecule is O=C(O)C1(c2c(F)cc(F)c(Br)c2F)CCC1. The van der Waals surface area contributed by atoms with Gasteiger partial charge in [0, 0.05) is 11.6 Å². The maximum atomic E-state index is 13.8. The van der Waals surface area contributed by atoms with Crippen molar-refractivity contribution in [3.8, 4) is 0 Å². The van der Waals surface area contributed by atoms with Crippen LogP contribution in [0.3, 0.4) is 0 Å². The molecule has 2 rings (SSSR count). The predicted octanol–water partition coefficient (Wildman–Crippen LogP) is 3.37. The fourth-order valence-electron chi connectivity index (χ4n) is 2.11. The molecule has 0 unspecified atom stereocenters. The summed E-state index contributed by atoms with van der Waals surface area (Å²) in [6.45, 7) is 0. The minimum absolute atomic E-state index is 0.161. The lowest BCUT2D eigenvalue weighted by molar-refractivity contribution is -0.147. The van der Waals surface area contributed by atoms with E-state index in [2.05, 4.69) is 15.9 Å². The molecule has 1 N–H and O–H groups in total. The van der Waals surface area contributed by atoms with Gasteiger partial charge in [0.1, 0.15) is 17.5 Å². The molecule has 1 saturated carbocycles. The molecule has 0 aliphatic heterocycles. The Morgan fingerprint density at radius 1 is 1.29 bits per heavy atom. The van der Waals surface area contributed by atoms with E-state index in [0.29, 0.717) is 12.5 Å². The van der Waals surface area contributed by atoms with Crippen LogP contribution in [0.4, 0.5) is 13.2 Å². The highest BCUT2D eigenvalue weighted by Gasteiger charge is 2.50. The molecular formula is C11H8BrF3O2. The van der Waals surface area contributed by atoms with Crippen LogP contribution >= 0.6 is 15.9 Å². The van der Waals surface area contributed by atoms with E-state index in [1.807, 2.05) is 0 Å². The van der Waals surface area contributed by atoms with E-state index in [4.69, 9.17) is 5.11 Å². The summed E-state index contributed by atoms with van der Waals surface area (Å²) in [6, 6.07) is 0.505. The maximum absolute atomic E-state index is 13.8. The van der Waals surface area contributed by atoms with Crippen LogP contribution in [0.5, 0.6) is 0 Å². The van der Waals surface area contributed by atoms with Gasteiger partial charge in [-0.1, -0.05) is 6.42 Å². The summed E-state index contributed by atoms with van der Waals surface area (Å²) in [5.41, 5.74) is -2.10. The number of hydrogen-bond acceptors (Lipinski definition) is 1. The Morgan fingerprint density at radius 3 is 2.29 bits per heavy atom. The van der Waals surface area contributed by atoms with E-state index in [9.17, 15) is 18.0 Å². The average Bonchev–Trinajstić information content (AvgIpc) is 2.17. The molecule has 0 heterocycles. The average molecular weight is 309 g/mol. The summed E-state index contributed by atoms with van der Waals surface area (Å²) >= 11 is 2.65. The van der Waals surface area contributed by atoms with Gasteiger partial charge in [-0.3, -0.25) is 4.79 Å². The predicted molar refractivity (Wildman–Crippen MR) is 57.2 cm³/mol. The van der Waals surface area contributed by atoms with Crippen LogP contribution in [-0.2, 0) is 10.2 Å². The van der Waals surface area contributed by atoms with Crippen molar-refractivity contribution in [2.75, 3.05) is 0 Å². The fourth-order valence-corrected chi connectivity index (χ4v) is 2.42. The lowest BCUT2D eigenvalue weighted by Crippen LogP contribution is -2.44. The van der Waals surface area contributed by atoms with E-state index >= 15 is 0 Å².